The van der Waals surface area contributed by atoms with E-state index in [1.165, 1.54) is 15.8 Å². The molecule has 0 saturated heterocycles. The van der Waals surface area contributed by atoms with E-state index in [0.29, 0.717) is 5.41 Å². The summed E-state index contributed by atoms with van der Waals surface area (Å²) in [4.78, 5) is 0. The molecule has 1 aromatic rings. The molecular weight excluding hydrogens is 258 g/mol. The SMILES string of the molecule is CC(C)(C)CCC(N)c1csc(Br)c1. The van der Waals surface area contributed by atoms with Gasteiger partial charge in [-0.15, -0.1) is 11.3 Å². The van der Waals surface area contributed by atoms with Crippen LogP contribution in [0.1, 0.15) is 45.2 Å². The Morgan fingerprint density at radius 2 is 2.14 bits per heavy atom. The minimum atomic E-state index is 0.191. The Morgan fingerprint density at radius 3 is 2.57 bits per heavy atom. The summed E-state index contributed by atoms with van der Waals surface area (Å²) in [6, 6.07) is 2.31. The van der Waals surface area contributed by atoms with Gasteiger partial charge in [0.15, 0.2) is 0 Å². The first-order valence-corrected chi connectivity index (χ1v) is 6.55. The lowest BCUT2D eigenvalue weighted by molar-refractivity contribution is 0.350. The minimum absolute atomic E-state index is 0.191. The van der Waals surface area contributed by atoms with Crippen LogP contribution in [0.5, 0.6) is 0 Å². The Hall–Kier alpha value is 0.140. The molecule has 0 aliphatic heterocycles. The van der Waals surface area contributed by atoms with Gasteiger partial charge in [0.2, 0.25) is 0 Å². The zero-order valence-corrected chi connectivity index (χ0v) is 11.4. The molecule has 0 aliphatic rings. The summed E-state index contributed by atoms with van der Waals surface area (Å²) < 4.78 is 1.17. The molecule has 1 rings (SSSR count). The third kappa shape index (κ3) is 4.11. The third-order valence-electron chi connectivity index (χ3n) is 2.22. The van der Waals surface area contributed by atoms with Crippen LogP contribution in [0.2, 0.25) is 0 Å². The highest BCUT2D eigenvalue weighted by molar-refractivity contribution is 9.11. The molecule has 3 heteroatoms. The van der Waals surface area contributed by atoms with Gasteiger partial charge in [-0.3, -0.25) is 0 Å². The van der Waals surface area contributed by atoms with Crippen LogP contribution in [0, 0.1) is 5.41 Å². The van der Waals surface area contributed by atoms with Crippen LogP contribution in [0.25, 0.3) is 0 Å². The van der Waals surface area contributed by atoms with Crippen molar-refractivity contribution in [1.29, 1.82) is 0 Å². The maximum atomic E-state index is 6.10. The van der Waals surface area contributed by atoms with Gasteiger partial charge in [0.1, 0.15) is 0 Å². The Labute approximate surface area is 98.8 Å². The lowest BCUT2D eigenvalue weighted by Gasteiger charge is -2.20. The quantitative estimate of drug-likeness (QED) is 0.873. The molecule has 1 aromatic heterocycles. The second-order valence-corrected chi connectivity index (χ2v) is 7.18. The van der Waals surface area contributed by atoms with Gasteiger partial charge in [-0.2, -0.15) is 0 Å². The Morgan fingerprint density at radius 1 is 1.50 bits per heavy atom. The zero-order valence-electron chi connectivity index (χ0n) is 9.01. The van der Waals surface area contributed by atoms with Crippen LogP contribution in [-0.2, 0) is 0 Å². The molecule has 0 spiro atoms. The van der Waals surface area contributed by atoms with E-state index in [4.69, 9.17) is 5.73 Å². The Kier molecular flexibility index (Phi) is 4.16. The Bertz CT molecular complexity index is 288. The molecule has 0 amide bonds. The molecule has 14 heavy (non-hydrogen) atoms. The fourth-order valence-corrected chi connectivity index (χ4v) is 2.51. The summed E-state index contributed by atoms with van der Waals surface area (Å²) >= 11 is 5.16. The van der Waals surface area contributed by atoms with E-state index >= 15 is 0 Å². The largest absolute Gasteiger partial charge is 0.324 e. The number of nitrogens with two attached hydrogens (primary N) is 1. The van der Waals surface area contributed by atoms with Gasteiger partial charge >= 0.3 is 0 Å². The number of hydrogen-bond acceptors (Lipinski definition) is 2. The summed E-state index contributed by atoms with van der Waals surface area (Å²) in [7, 11) is 0. The van der Waals surface area contributed by atoms with Gasteiger partial charge in [-0.1, -0.05) is 20.8 Å². The van der Waals surface area contributed by atoms with Gasteiger partial charge in [0, 0.05) is 6.04 Å². The smallest absolute Gasteiger partial charge is 0.0701 e. The molecule has 0 aliphatic carbocycles. The van der Waals surface area contributed by atoms with Crippen LogP contribution >= 0.6 is 27.3 Å². The molecule has 0 saturated carbocycles. The maximum absolute atomic E-state index is 6.10. The van der Waals surface area contributed by atoms with Crippen molar-refractivity contribution in [3.8, 4) is 0 Å². The van der Waals surface area contributed by atoms with E-state index in [9.17, 15) is 0 Å². The molecule has 0 bridgehead atoms. The van der Waals surface area contributed by atoms with Crippen LogP contribution < -0.4 is 5.73 Å². The number of halogens is 1. The van der Waals surface area contributed by atoms with Gasteiger partial charge in [-0.05, 0) is 51.2 Å². The number of hydrogen-bond donors (Lipinski definition) is 1. The molecule has 1 unspecified atom stereocenters. The molecule has 2 N–H and O–H groups in total. The lowest BCUT2D eigenvalue weighted by atomic mass is 9.88. The van der Waals surface area contributed by atoms with Crippen molar-refractivity contribution >= 4 is 27.3 Å². The normalized spacial score (nSPS) is 14.4. The van der Waals surface area contributed by atoms with Crippen LogP contribution in [0.4, 0.5) is 0 Å². The molecule has 0 aromatic carbocycles. The average Bonchev–Trinajstić information content (AvgIpc) is 2.46. The van der Waals surface area contributed by atoms with Crippen molar-refractivity contribution in [1.82, 2.24) is 0 Å². The third-order valence-corrected chi connectivity index (χ3v) is 3.74. The molecule has 80 valence electrons. The summed E-state index contributed by atoms with van der Waals surface area (Å²) in [6.07, 6.45) is 2.23. The van der Waals surface area contributed by atoms with Crippen molar-refractivity contribution in [3.63, 3.8) is 0 Å². The minimum Gasteiger partial charge on any atom is -0.324 e. The predicted molar refractivity (Wildman–Crippen MR) is 67.6 cm³/mol. The highest BCUT2D eigenvalue weighted by atomic mass is 79.9. The van der Waals surface area contributed by atoms with Crippen molar-refractivity contribution < 1.29 is 0 Å². The van der Waals surface area contributed by atoms with E-state index < -0.39 is 0 Å². The van der Waals surface area contributed by atoms with Crippen molar-refractivity contribution in [2.75, 3.05) is 0 Å². The molecule has 0 fully saturated rings. The van der Waals surface area contributed by atoms with Crippen LogP contribution in [0.3, 0.4) is 0 Å². The first-order chi connectivity index (χ1) is 6.38. The fraction of sp³-hybridized carbons (Fsp3) is 0.636. The van der Waals surface area contributed by atoms with E-state index in [2.05, 4.69) is 48.1 Å². The number of thiophene rings is 1. The van der Waals surface area contributed by atoms with Gasteiger partial charge in [0.25, 0.3) is 0 Å². The maximum Gasteiger partial charge on any atom is 0.0701 e. The van der Waals surface area contributed by atoms with Crippen LogP contribution in [0.15, 0.2) is 15.2 Å². The predicted octanol–water partition coefficient (Wildman–Crippen LogP) is 4.34. The molecule has 1 nitrogen and oxygen atoms in total. The molecular formula is C11H18BrNS. The standard InChI is InChI=1S/C11H18BrNS/c1-11(2,3)5-4-9(13)8-6-10(12)14-7-8/h6-7,9H,4-5,13H2,1-3H3. The van der Waals surface area contributed by atoms with E-state index in [1.54, 1.807) is 11.3 Å². The summed E-state index contributed by atoms with van der Waals surface area (Å²) in [5, 5.41) is 2.14. The first kappa shape index (κ1) is 12.2. The first-order valence-electron chi connectivity index (χ1n) is 4.88. The highest BCUT2D eigenvalue weighted by Crippen LogP contribution is 2.29. The topological polar surface area (TPSA) is 26.0 Å². The van der Waals surface area contributed by atoms with E-state index in [-0.39, 0.29) is 6.04 Å². The van der Waals surface area contributed by atoms with Gasteiger partial charge in [0.05, 0.1) is 3.79 Å². The molecule has 1 heterocycles. The van der Waals surface area contributed by atoms with E-state index in [1.807, 2.05) is 0 Å². The van der Waals surface area contributed by atoms with Crippen LogP contribution in [-0.4, -0.2) is 0 Å². The van der Waals surface area contributed by atoms with Gasteiger partial charge in [-0.25, -0.2) is 0 Å². The van der Waals surface area contributed by atoms with Crippen molar-refractivity contribution in [2.45, 2.75) is 39.7 Å². The summed E-state index contributed by atoms with van der Waals surface area (Å²) in [6.45, 7) is 6.76. The second kappa shape index (κ2) is 4.77. The lowest BCUT2D eigenvalue weighted by Crippen LogP contribution is -2.14. The van der Waals surface area contributed by atoms with E-state index in [0.717, 1.165) is 6.42 Å². The molecule has 0 radical (unpaired) electrons. The number of rotatable bonds is 3. The highest BCUT2D eigenvalue weighted by Gasteiger charge is 2.14. The van der Waals surface area contributed by atoms with Crippen molar-refractivity contribution in [3.05, 3.63) is 20.8 Å². The fourth-order valence-electron chi connectivity index (χ4n) is 1.27. The monoisotopic (exact) mass is 275 g/mol. The summed E-state index contributed by atoms with van der Waals surface area (Å²) in [5.74, 6) is 0. The molecule has 1 atom stereocenters. The second-order valence-electron chi connectivity index (χ2n) is 4.89. The van der Waals surface area contributed by atoms with Crippen molar-refractivity contribution in [2.24, 2.45) is 11.1 Å². The Balaban J connectivity index is 2.47. The zero-order chi connectivity index (χ0) is 10.8. The van der Waals surface area contributed by atoms with Gasteiger partial charge < -0.3 is 5.73 Å². The summed E-state index contributed by atoms with van der Waals surface area (Å²) in [5.41, 5.74) is 7.74. The average molecular weight is 276 g/mol.